The predicted octanol–water partition coefficient (Wildman–Crippen LogP) is 4.18. The van der Waals surface area contributed by atoms with Gasteiger partial charge in [-0.25, -0.2) is 0 Å². The van der Waals surface area contributed by atoms with Crippen LogP contribution in [0.1, 0.15) is 42.6 Å². The maximum atomic E-state index is 13.7. The molecule has 2 aromatic carbocycles. The summed E-state index contributed by atoms with van der Waals surface area (Å²) in [5, 5.41) is 23.3. The van der Waals surface area contributed by atoms with E-state index >= 15 is 0 Å². The summed E-state index contributed by atoms with van der Waals surface area (Å²) in [7, 11) is 0. The Balaban J connectivity index is 1.97. The van der Waals surface area contributed by atoms with Crippen LogP contribution in [0.4, 0.5) is 13.2 Å². The maximum Gasteiger partial charge on any atom is 0.416 e. The summed E-state index contributed by atoms with van der Waals surface area (Å²) in [4.78, 5) is 28.1. The summed E-state index contributed by atoms with van der Waals surface area (Å²) in [6.07, 6.45) is -5.06. The lowest BCUT2D eigenvalue weighted by Crippen LogP contribution is -2.55. The number of carbonyl (C=O) groups excluding carboxylic acids is 2. The van der Waals surface area contributed by atoms with Crippen molar-refractivity contribution in [2.24, 2.45) is 0 Å². The lowest BCUT2D eigenvalue weighted by atomic mass is 9.87. The highest BCUT2D eigenvalue weighted by Gasteiger charge is 2.41. The molecule has 0 aliphatic heterocycles. The number of hydrogen-bond donors (Lipinski definition) is 3. The van der Waals surface area contributed by atoms with Gasteiger partial charge in [-0.05, 0) is 85.3 Å². The monoisotopic (exact) mass is 690 g/mol. The van der Waals surface area contributed by atoms with Crippen LogP contribution in [0.5, 0.6) is 5.75 Å². The molecule has 0 saturated carbocycles. The van der Waals surface area contributed by atoms with Crippen molar-refractivity contribution in [3.63, 3.8) is 0 Å². The molecule has 0 fully saturated rings. The van der Waals surface area contributed by atoms with E-state index in [0.29, 0.717) is 18.8 Å². The van der Waals surface area contributed by atoms with Gasteiger partial charge in [0.15, 0.2) is 0 Å². The zero-order valence-electron chi connectivity index (χ0n) is 22.7. The molecule has 3 N–H and O–H groups in total. The molecule has 3 rings (SSSR count). The molecule has 0 spiro atoms. The highest BCUT2D eigenvalue weighted by Crippen LogP contribution is 2.32. The second-order valence-electron chi connectivity index (χ2n) is 9.79. The zero-order valence-corrected chi connectivity index (χ0v) is 24.9. The van der Waals surface area contributed by atoms with Gasteiger partial charge < -0.3 is 29.9 Å². The minimum Gasteiger partial charge on any atom is -0.482 e. The quantitative estimate of drug-likeness (QED) is 0.228. The molecule has 8 nitrogen and oxygen atoms in total. The summed E-state index contributed by atoms with van der Waals surface area (Å²) in [6, 6.07) is 10.0. The lowest BCUT2D eigenvalue weighted by molar-refractivity contribution is -0.137. The largest absolute Gasteiger partial charge is 0.482 e. The molecule has 12 heteroatoms. The number of carbonyl (C=O) groups is 2. The number of nitrogens with one attached hydrogen (secondary N) is 1. The fourth-order valence-electron chi connectivity index (χ4n) is 4.41. The Morgan fingerprint density at radius 1 is 1.15 bits per heavy atom. The minimum atomic E-state index is -4.56. The van der Waals surface area contributed by atoms with Crippen molar-refractivity contribution in [2.45, 2.75) is 57.2 Å². The van der Waals surface area contributed by atoms with E-state index in [2.05, 4.69) is 27.9 Å². The molecule has 0 aromatic heterocycles. The van der Waals surface area contributed by atoms with Crippen LogP contribution in [0.3, 0.4) is 0 Å². The highest BCUT2D eigenvalue weighted by molar-refractivity contribution is 14.1. The van der Waals surface area contributed by atoms with Crippen LogP contribution in [-0.2, 0) is 15.7 Å². The van der Waals surface area contributed by atoms with E-state index in [0.717, 1.165) is 27.8 Å². The van der Waals surface area contributed by atoms with Gasteiger partial charge in [0.05, 0.1) is 27.9 Å². The molecule has 0 radical (unpaired) electrons. The van der Waals surface area contributed by atoms with E-state index in [1.807, 2.05) is 26.0 Å². The third-order valence-corrected chi connectivity index (χ3v) is 7.32. The predicted molar refractivity (Wildman–Crippen MR) is 154 cm³/mol. The molecular formula is C29H34F3IN2O6. The third kappa shape index (κ3) is 9.15. The molecule has 1 aliphatic carbocycles. The van der Waals surface area contributed by atoms with E-state index < -0.39 is 41.8 Å². The number of benzene rings is 2. The molecule has 0 unspecified atom stereocenters. The van der Waals surface area contributed by atoms with Crippen molar-refractivity contribution in [1.29, 1.82) is 0 Å². The number of halogens is 4. The third-order valence-electron chi connectivity index (χ3n) is 6.43. The van der Waals surface area contributed by atoms with Crippen molar-refractivity contribution in [1.82, 2.24) is 10.2 Å². The number of aliphatic hydroxyl groups is 2. The number of aliphatic hydroxyl groups excluding tert-OH is 2. The fourth-order valence-corrected chi connectivity index (χ4v) is 4.92. The Morgan fingerprint density at radius 3 is 2.44 bits per heavy atom. The Morgan fingerprint density at radius 2 is 1.83 bits per heavy atom. The molecule has 1 aliphatic rings. The van der Waals surface area contributed by atoms with Gasteiger partial charge in [-0.3, -0.25) is 9.59 Å². The molecule has 224 valence electrons. The van der Waals surface area contributed by atoms with Crippen LogP contribution < -0.4 is 10.1 Å². The number of nitrogens with zero attached hydrogens (tertiary/aromatic N) is 1. The molecular weight excluding hydrogens is 656 g/mol. The topological polar surface area (TPSA) is 108 Å². The summed E-state index contributed by atoms with van der Waals surface area (Å²) >= 11 is 2.08. The van der Waals surface area contributed by atoms with Gasteiger partial charge in [0, 0.05) is 37.3 Å². The first-order valence-corrected chi connectivity index (χ1v) is 14.3. The number of hydrogen-bond acceptors (Lipinski definition) is 6. The average molecular weight is 690 g/mol. The van der Waals surface area contributed by atoms with Gasteiger partial charge >= 0.3 is 6.18 Å². The van der Waals surface area contributed by atoms with Crippen LogP contribution in [0.25, 0.3) is 0 Å². The van der Waals surface area contributed by atoms with Crippen molar-refractivity contribution >= 4 is 34.4 Å². The second kappa shape index (κ2) is 15.0. The van der Waals surface area contributed by atoms with E-state index in [1.54, 1.807) is 12.1 Å². The molecule has 0 heterocycles. The number of ether oxygens (including phenoxy) is 2. The first kappa shape index (κ1) is 32.8. The van der Waals surface area contributed by atoms with E-state index in [-0.39, 0.29) is 43.4 Å². The number of amides is 2. The van der Waals surface area contributed by atoms with Gasteiger partial charge in [-0.15, -0.1) is 0 Å². The normalized spacial score (nSPS) is 19.0. The summed E-state index contributed by atoms with van der Waals surface area (Å²) in [6.45, 7) is 3.87. The van der Waals surface area contributed by atoms with Crippen molar-refractivity contribution in [3.8, 4) is 5.75 Å². The minimum absolute atomic E-state index is 0.00545. The molecule has 41 heavy (non-hydrogen) atoms. The van der Waals surface area contributed by atoms with E-state index in [9.17, 15) is 27.9 Å². The lowest BCUT2D eigenvalue weighted by Gasteiger charge is -2.40. The molecule has 0 bridgehead atoms. The van der Waals surface area contributed by atoms with Crippen LogP contribution in [-0.4, -0.2) is 77.6 Å². The van der Waals surface area contributed by atoms with Gasteiger partial charge in [-0.1, -0.05) is 12.1 Å². The Labute approximate surface area is 250 Å². The van der Waals surface area contributed by atoms with Crippen molar-refractivity contribution in [2.75, 3.05) is 26.3 Å². The van der Waals surface area contributed by atoms with Crippen molar-refractivity contribution in [3.05, 3.63) is 74.9 Å². The maximum absolute atomic E-state index is 13.7. The second-order valence-corrected chi connectivity index (χ2v) is 11.0. The van der Waals surface area contributed by atoms with Crippen molar-refractivity contribution < 1.29 is 42.4 Å². The summed E-state index contributed by atoms with van der Waals surface area (Å²) in [5.74, 6) is -0.620. The van der Waals surface area contributed by atoms with Crippen LogP contribution in [0.15, 0.2) is 60.2 Å². The average Bonchev–Trinajstić information content (AvgIpc) is 2.93. The number of rotatable bonds is 12. The zero-order chi connectivity index (χ0) is 30.2. The van der Waals surface area contributed by atoms with Gasteiger partial charge in [-0.2, -0.15) is 13.2 Å². The number of para-hydroxylation sites is 1. The number of alkyl halides is 3. The fraction of sp³-hybridized carbons (Fsp3) is 0.448. The molecule has 2 aromatic rings. The summed E-state index contributed by atoms with van der Waals surface area (Å²) in [5.41, 5.74) is -0.639. The van der Waals surface area contributed by atoms with Gasteiger partial charge in [0.25, 0.3) is 5.91 Å². The Kier molecular flexibility index (Phi) is 12.0. The Hall–Kier alpha value is -2.68. The Bertz CT molecular complexity index is 1210. The molecule has 3 atom stereocenters. The van der Waals surface area contributed by atoms with E-state index in [4.69, 9.17) is 14.6 Å². The molecule has 0 saturated heterocycles. The first-order chi connectivity index (χ1) is 19.4. The van der Waals surface area contributed by atoms with Crippen LogP contribution in [0.2, 0.25) is 0 Å². The standard InChI is InChI=1S/C29H34F3IN2O6/c1-18(2)40-15-5-13-35(28(39)19-8-10-21(11-9-19)29(30,31)32)23-16-20(27(38)34-12-14-36)17-25(26(23)37)41-24-7-4-3-6-22(24)33/h3-4,6-11,17-18,23,25-26,36-37H,5,12-16H2,1-2H3,(H,34,38)/t23-,25+,26+/m1/s1. The first-order valence-electron chi connectivity index (χ1n) is 13.2. The summed E-state index contributed by atoms with van der Waals surface area (Å²) < 4.78 is 51.9. The SMILES string of the molecule is CC(C)OCCCN(C(=O)c1ccc(C(F)(F)F)cc1)[C@@H]1CC(C(=O)NCCO)=C[C@H](Oc2ccccc2I)[C@H]1O. The van der Waals surface area contributed by atoms with E-state index in [1.165, 1.54) is 11.0 Å². The molecule has 2 amide bonds. The highest BCUT2D eigenvalue weighted by atomic mass is 127. The van der Waals surface area contributed by atoms with Gasteiger partial charge in [0.1, 0.15) is 18.0 Å². The van der Waals surface area contributed by atoms with Crippen LogP contribution >= 0.6 is 22.6 Å². The smallest absolute Gasteiger partial charge is 0.416 e. The van der Waals surface area contributed by atoms with Crippen LogP contribution in [0, 0.1) is 3.57 Å². The van der Waals surface area contributed by atoms with Gasteiger partial charge in [0.2, 0.25) is 5.91 Å².